The first-order chi connectivity index (χ1) is 14.3. The smallest absolute Gasteiger partial charge is 0.182 e. The van der Waals surface area contributed by atoms with Crippen LogP contribution in [-0.4, -0.2) is 51.1 Å². The first kappa shape index (κ1) is 22.7. The molecular weight excluding hydrogens is 434 g/mol. The lowest BCUT2D eigenvalue weighted by Gasteiger charge is -2.20. The molecule has 1 aliphatic heterocycles. The third-order valence-electron chi connectivity index (χ3n) is 5.05. The Morgan fingerprint density at radius 3 is 2.67 bits per heavy atom. The highest BCUT2D eigenvalue weighted by Gasteiger charge is 2.38. The van der Waals surface area contributed by atoms with E-state index in [0.717, 1.165) is 0 Å². The zero-order valence-electron chi connectivity index (χ0n) is 16.4. The third-order valence-corrected chi connectivity index (χ3v) is 5.99. The van der Waals surface area contributed by atoms with Gasteiger partial charge in [-0.05, 0) is 25.0 Å². The molecule has 3 rings (SSSR count). The molecule has 1 saturated carbocycles. The predicted octanol–water partition coefficient (Wildman–Crippen LogP) is 2.37. The Bertz CT molecular complexity index is 914. The monoisotopic (exact) mass is 454 g/mol. The van der Waals surface area contributed by atoms with Gasteiger partial charge in [-0.3, -0.25) is 18.6 Å². The van der Waals surface area contributed by atoms with Gasteiger partial charge in [0.05, 0.1) is 17.3 Å². The number of ether oxygens (including phenoxy) is 1. The van der Waals surface area contributed by atoms with E-state index in [2.05, 4.69) is 5.16 Å². The van der Waals surface area contributed by atoms with Crippen molar-refractivity contribution < 1.29 is 32.7 Å². The van der Waals surface area contributed by atoms with Gasteiger partial charge in [-0.1, -0.05) is 33.9 Å². The van der Waals surface area contributed by atoms with Crippen molar-refractivity contribution in [2.45, 2.75) is 44.5 Å². The van der Waals surface area contributed by atoms with Gasteiger partial charge in [0, 0.05) is 42.7 Å². The maximum Gasteiger partial charge on any atom is 0.182 e. The maximum atomic E-state index is 13.0. The number of nitrogens with zero attached hydrogens (tertiary/aromatic N) is 1. The fourth-order valence-electron chi connectivity index (χ4n) is 3.63. The summed E-state index contributed by atoms with van der Waals surface area (Å²) in [6, 6.07) is 2.82. The van der Waals surface area contributed by atoms with Crippen LogP contribution in [0.5, 0.6) is 0 Å². The molecule has 0 N–H and O–H groups in total. The highest BCUT2D eigenvalue weighted by atomic mass is 35.5. The van der Waals surface area contributed by atoms with E-state index in [0.29, 0.717) is 37.3 Å². The van der Waals surface area contributed by atoms with Gasteiger partial charge in [-0.15, -0.1) is 0 Å². The van der Waals surface area contributed by atoms with Crippen LogP contribution in [0, 0.1) is 5.92 Å². The molecule has 1 heterocycles. The predicted molar refractivity (Wildman–Crippen MR) is 108 cm³/mol. The minimum Gasteiger partial charge on any atom is -0.772 e. The summed E-state index contributed by atoms with van der Waals surface area (Å²) in [5.74, 6) is -3.21. The first-order valence-corrected chi connectivity index (χ1v) is 11.2. The van der Waals surface area contributed by atoms with Crippen molar-refractivity contribution in [3.05, 3.63) is 33.8 Å². The normalized spacial score (nSPS) is 20.8. The van der Waals surface area contributed by atoms with Crippen LogP contribution in [0.1, 0.15) is 54.1 Å². The fourth-order valence-corrected chi connectivity index (χ4v) is 4.51. The zero-order valence-corrected chi connectivity index (χ0v) is 17.9. The molecule has 2 aliphatic rings. The first-order valence-electron chi connectivity index (χ1n) is 9.61. The molecule has 0 spiro atoms. The SMILES string of the molecule is CCOCC1CC(c2c(CS(=O)[O-])ccc(C(=O)C3C(=O)CCCC3=O)c2Cl)=NO1. The third kappa shape index (κ3) is 4.85. The Kier molecular flexibility index (Phi) is 7.51. The number of rotatable bonds is 8. The molecule has 1 aromatic carbocycles. The zero-order chi connectivity index (χ0) is 21.8. The minimum absolute atomic E-state index is 0.00310. The van der Waals surface area contributed by atoms with Crippen LogP contribution in [0.3, 0.4) is 0 Å². The number of ketones is 3. The highest BCUT2D eigenvalue weighted by Crippen LogP contribution is 2.33. The summed E-state index contributed by atoms with van der Waals surface area (Å²) in [7, 11) is 0. The molecular formula is C20H21ClNO7S-. The molecule has 0 amide bonds. The van der Waals surface area contributed by atoms with E-state index in [9.17, 15) is 23.1 Å². The molecule has 162 valence electrons. The second-order valence-electron chi connectivity index (χ2n) is 7.12. The molecule has 1 aromatic rings. The van der Waals surface area contributed by atoms with Crippen molar-refractivity contribution in [3.8, 4) is 0 Å². The molecule has 0 bridgehead atoms. The van der Waals surface area contributed by atoms with E-state index in [1.165, 1.54) is 12.1 Å². The van der Waals surface area contributed by atoms with E-state index in [1.807, 2.05) is 6.92 Å². The van der Waals surface area contributed by atoms with Crippen molar-refractivity contribution >= 4 is 45.7 Å². The second-order valence-corrected chi connectivity index (χ2v) is 8.40. The summed E-state index contributed by atoms with van der Waals surface area (Å²) in [4.78, 5) is 42.8. The van der Waals surface area contributed by atoms with Gasteiger partial charge in [-0.2, -0.15) is 0 Å². The van der Waals surface area contributed by atoms with Gasteiger partial charge in [0.25, 0.3) is 0 Å². The van der Waals surface area contributed by atoms with Crippen molar-refractivity contribution in [3.63, 3.8) is 0 Å². The van der Waals surface area contributed by atoms with Crippen LogP contribution in [0.4, 0.5) is 0 Å². The quantitative estimate of drug-likeness (QED) is 0.335. The fraction of sp³-hybridized carbons (Fsp3) is 0.500. The summed E-state index contributed by atoms with van der Waals surface area (Å²) in [5, 5.41) is 3.98. The molecule has 0 aromatic heterocycles. The van der Waals surface area contributed by atoms with E-state index in [1.54, 1.807) is 0 Å². The molecule has 8 nitrogen and oxygen atoms in total. The standard InChI is InChI=1S/C20H22ClNO7S/c1-2-28-9-12-8-14(22-29-12)17-11(10-30(26)27)6-7-13(19(17)21)20(25)18-15(23)4-3-5-16(18)24/h6-7,12,18H,2-5,8-10H2,1H3,(H,26,27)/p-1. The lowest BCUT2D eigenvalue weighted by atomic mass is 9.81. The van der Waals surface area contributed by atoms with Crippen LogP contribution in [-0.2, 0) is 36.0 Å². The van der Waals surface area contributed by atoms with Crippen LogP contribution in [0.25, 0.3) is 0 Å². The molecule has 0 saturated heterocycles. The highest BCUT2D eigenvalue weighted by molar-refractivity contribution is 7.78. The number of oxime groups is 1. The number of benzene rings is 1. The van der Waals surface area contributed by atoms with Crippen molar-refractivity contribution in [1.82, 2.24) is 0 Å². The average molecular weight is 455 g/mol. The van der Waals surface area contributed by atoms with Gasteiger partial charge >= 0.3 is 0 Å². The van der Waals surface area contributed by atoms with Crippen molar-refractivity contribution in [2.75, 3.05) is 13.2 Å². The molecule has 10 heteroatoms. The number of hydrogen-bond acceptors (Lipinski definition) is 8. The molecule has 2 atom stereocenters. The summed E-state index contributed by atoms with van der Waals surface area (Å²) in [6.45, 7) is 2.65. The maximum absolute atomic E-state index is 13.0. The van der Waals surface area contributed by atoms with E-state index < -0.39 is 34.3 Å². The summed E-state index contributed by atoms with van der Waals surface area (Å²) >= 11 is 4.12. The van der Waals surface area contributed by atoms with E-state index >= 15 is 0 Å². The van der Waals surface area contributed by atoms with Crippen LogP contribution in [0.2, 0.25) is 5.02 Å². The number of hydrogen-bond donors (Lipinski definition) is 0. The molecule has 1 aliphatic carbocycles. The van der Waals surface area contributed by atoms with Gasteiger partial charge in [0.2, 0.25) is 0 Å². The van der Waals surface area contributed by atoms with E-state index in [4.69, 9.17) is 21.2 Å². The Morgan fingerprint density at radius 2 is 2.03 bits per heavy atom. The summed E-state index contributed by atoms with van der Waals surface area (Å²) < 4.78 is 28.0. The van der Waals surface area contributed by atoms with E-state index in [-0.39, 0.29) is 40.8 Å². The largest absolute Gasteiger partial charge is 0.772 e. The van der Waals surface area contributed by atoms with Gasteiger partial charge in [0.1, 0.15) is 5.92 Å². The molecule has 30 heavy (non-hydrogen) atoms. The van der Waals surface area contributed by atoms with Crippen LogP contribution < -0.4 is 0 Å². The minimum atomic E-state index is -2.40. The topological polar surface area (TPSA) is 122 Å². The lowest BCUT2D eigenvalue weighted by Crippen LogP contribution is -2.35. The van der Waals surface area contributed by atoms with Gasteiger partial charge < -0.3 is 14.1 Å². The number of carbonyl (C=O) groups is 3. The Hall–Kier alpha value is -1.94. The summed E-state index contributed by atoms with van der Waals surface area (Å²) in [6.07, 6.45) is 0.725. The summed E-state index contributed by atoms with van der Waals surface area (Å²) in [5.41, 5.74) is 1.02. The van der Waals surface area contributed by atoms with Crippen molar-refractivity contribution in [2.24, 2.45) is 11.1 Å². The number of Topliss-reactive ketones (excluding diaryl/α,β-unsaturated/α-hetero) is 3. The van der Waals surface area contributed by atoms with Crippen LogP contribution >= 0.6 is 11.6 Å². The molecule has 0 radical (unpaired) electrons. The van der Waals surface area contributed by atoms with Crippen LogP contribution in [0.15, 0.2) is 17.3 Å². The van der Waals surface area contributed by atoms with Gasteiger partial charge in [0.15, 0.2) is 23.5 Å². The number of carbonyl (C=O) groups excluding carboxylic acids is 3. The molecule has 1 fully saturated rings. The Balaban J connectivity index is 1.98. The second kappa shape index (κ2) is 9.91. The van der Waals surface area contributed by atoms with Gasteiger partial charge in [-0.25, -0.2) is 0 Å². The molecule has 2 unspecified atom stereocenters. The van der Waals surface area contributed by atoms with Crippen molar-refractivity contribution in [1.29, 1.82) is 0 Å². The average Bonchev–Trinajstić information content (AvgIpc) is 3.14. The Labute approximate surface area is 181 Å². The number of halogens is 1. The Morgan fingerprint density at radius 1 is 1.33 bits per heavy atom. The lowest BCUT2D eigenvalue weighted by molar-refractivity contribution is -0.133.